The summed E-state index contributed by atoms with van der Waals surface area (Å²) in [6.07, 6.45) is 1.58. The van der Waals surface area contributed by atoms with Crippen molar-refractivity contribution >= 4 is 11.7 Å². The molecule has 1 saturated heterocycles. The summed E-state index contributed by atoms with van der Waals surface area (Å²) in [7, 11) is 1.62. The van der Waals surface area contributed by atoms with E-state index in [0.29, 0.717) is 18.7 Å². The highest BCUT2D eigenvalue weighted by molar-refractivity contribution is 5.94. The van der Waals surface area contributed by atoms with Gasteiger partial charge in [0.1, 0.15) is 17.9 Å². The van der Waals surface area contributed by atoms with Crippen LogP contribution in [-0.4, -0.2) is 54.1 Å². The van der Waals surface area contributed by atoms with Crippen LogP contribution in [-0.2, 0) is 0 Å². The molecular weight excluding hydrogens is 292 g/mol. The monoisotopic (exact) mass is 312 g/mol. The predicted octanol–water partition coefficient (Wildman–Crippen LogP) is 1.76. The fraction of sp³-hybridized carbons (Fsp3) is 0.353. The predicted molar refractivity (Wildman–Crippen MR) is 87.9 cm³/mol. The zero-order valence-corrected chi connectivity index (χ0v) is 13.4. The first-order valence-electron chi connectivity index (χ1n) is 7.64. The van der Waals surface area contributed by atoms with Crippen molar-refractivity contribution in [2.24, 2.45) is 0 Å². The molecule has 2 aromatic rings. The Morgan fingerprint density at radius 3 is 2.39 bits per heavy atom. The standard InChI is InChI=1S/C17H20N4O2/c1-13-11-16(19-12-18-13)20-7-9-21(10-8-20)17(22)14-3-5-15(23-2)6-4-14/h3-6,11-12H,7-10H2,1-2H3. The maximum atomic E-state index is 12.5. The molecule has 23 heavy (non-hydrogen) atoms. The lowest BCUT2D eigenvalue weighted by Gasteiger charge is -2.35. The molecule has 120 valence electrons. The number of benzene rings is 1. The maximum Gasteiger partial charge on any atom is 0.253 e. The smallest absolute Gasteiger partial charge is 0.253 e. The first-order valence-corrected chi connectivity index (χ1v) is 7.64. The highest BCUT2D eigenvalue weighted by atomic mass is 16.5. The SMILES string of the molecule is COc1ccc(C(=O)N2CCN(c3cc(C)ncn3)CC2)cc1. The number of nitrogens with zero attached hydrogens (tertiary/aromatic N) is 4. The fourth-order valence-electron chi connectivity index (χ4n) is 2.67. The molecule has 1 aliphatic rings. The number of anilines is 1. The Labute approximate surface area is 135 Å². The molecule has 6 nitrogen and oxygen atoms in total. The highest BCUT2D eigenvalue weighted by Crippen LogP contribution is 2.17. The second-order valence-corrected chi connectivity index (χ2v) is 5.53. The van der Waals surface area contributed by atoms with Crippen LogP contribution in [0.2, 0.25) is 0 Å². The summed E-state index contributed by atoms with van der Waals surface area (Å²) in [6, 6.07) is 9.21. The van der Waals surface area contributed by atoms with Crippen LogP contribution in [0, 0.1) is 6.92 Å². The van der Waals surface area contributed by atoms with Gasteiger partial charge in [-0.1, -0.05) is 0 Å². The number of aryl methyl sites for hydroxylation is 1. The Morgan fingerprint density at radius 1 is 1.09 bits per heavy atom. The van der Waals surface area contributed by atoms with Crippen LogP contribution in [0.15, 0.2) is 36.7 Å². The fourth-order valence-corrected chi connectivity index (χ4v) is 2.67. The Balaban J connectivity index is 1.62. The van der Waals surface area contributed by atoms with E-state index in [9.17, 15) is 4.79 Å². The van der Waals surface area contributed by atoms with E-state index in [1.54, 1.807) is 25.6 Å². The number of piperazine rings is 1. The summed E-state index contributed by atoms with van der Waals surface area (Å²) in [6.45, 7) is 4.88. The van der Waals surface area contributed by atoms with Crippen molar-refractivity contribution in [2.45, 2.75) is 6.92 Å². The van der Waals surface area contributed by atoms with Crippen LogP contribution < -0.4 is 9.64 Å². The van der Waals surface area contributed by atoms with Gasteiger partial charge in [0.2, 0.25) is 0 Å². The third kappa shape index (κ3) is 3.41. The van der Waals surface area contributed by atoms with E-state index in [1.165, 1.54) is 0 Å². The van der Waals surface area contributed by atoms with Crippen molar-refractivity contribution in [3.8, 4) is 5.75 Å². The van der Waals surface area contributed by atoms with Gasteiger partial charge in [0.05, 0.1) is 7.11 Å². The largest absolute Gasteiger partial charge is 0.497 e. The van der Waals surface area contributed by atoms with E-state index in [4.69, 9.17) is 4.74 Å². The summed E-state index contributed by atoms with van der Waals surface area (Å²) in [5.41, 5.74) is 1.64. The van der Waals surface area contributed by atoms with Gasteiger partial charge in [-0.25, -0.2) is 9.97 Å². The van der Waals surface area contributed by atoms with Gasteiger partial charge < -0.3 is 14.5 Å². The summed E-state index contributed by atoms with van der Waals surface area (Å²) in [5, 5.41) is 0. The number of rotatable bonds is 3. The quantitative estimate of drug-likeness (QED) is 0.864. The molecule has 3 rings (SSSR count). The van der Waals surface area contributed by atoms with E-state index in [-0.39, 0.29) is 5.91 Å². The molecule has 1 aliphatic heterocycles. The average molecular weight is 312 g/mol. The maximum absolute atomic E-state index is 12.5. The van der Waals surface area contributed by atoms with Gasteiger partial charge >= 0.3 is 0 Å². The molecule has 1 fully saturated rings. The lowest BCUT2D eigenvalue weighted by Crippen LogP contribution is -2.49. The van der Waals surface area contributed by atoms with Gasteiger partial charge in [-0.15, -0.1) is 0 Å². The Bertz CT molecular complexity index is 679. The van der Waals surface area contributed by atoms with Crippen LogP contribution in [0.5, 0.6) is 5.75 Å². The van der Waals surface area contributed by atoms with Gasteiger partial charge in [0, 0.05) is 43.5 Å². The first-order chi connectivity index (χ1) is 11.2. The van der Waals surface area contributed by atoms with Crippen molar-refractivity contribution in [2.75, 3.05) is 38.2 Å². The van der Waals surface area contributed by atoms with Gasteiger partial charge in [-0.2, -0.15) is 0 Å². The minimum atomic E-state index is 0.0613. The summed E-state index contributed by atoms with van der Waals surface area (Å²) < 4.78 is 5.12. The second-order valence-electron chi connectivity index (χ2n) is 5.53. The molecule has 0 saturated carbocycles. The molecule has 1 aromatic heterocycles. The number of ether oxygens (including phenoxy) is 1. The number of methoxy groups -OCH3 is 1. The van der Waals surface area contributed by atoms with Crippen molar-refractivity contribution < 1.29 is 9.53 Å². The molecule has 0 spiro atoms. The summed E-state index contributed by atoms with van der Waals surface area (Å²) >= 11 is 0. The van der Waals surface area contributed by atoms with E-state index < -0.39 is 0 Å². The first kappa shape index (κ1) is 15.3. The lowest BCUT2D eigenvalue weighted by atomic mass is 10.1. The van der Waals surface area contributed by atoms with E-state index in [1.807, 2.05) is 30.0 Å². The molecule has 2 heterocycles. The number of hydrogen-bond acceptors (Lipinski definition) is 5. The molecular formula is C17H20N4O2. The van der Waals surface area contributed by atoms with Crippen molar-refractivity contribution in [3.05, 3.63) is 47.9 Å². The zero-order chi connectivity index (χ0) is 16.2. The molecule has 1 aromatic carbocycles. The Hall–Kier alpha value is -2.63. The third-order valence-corrected chi connectivity index (χ3v) is 4.02. The Kier molecular flexibility index (Phi) is 4.41. The minimum absolute atomic E-state index is 0.0613. The van der Waals surface area contributed by atoms with Gasteiger partial charge in [-0.3, -0.25) is 4.79 Å². The van der Waals surface area contributed by atoms with Gasteiger partial charge in [0.25, 0.3) is 5.91 Å². The number of carbonyl (C=O) groups is 1. The molecule has 0 N–H and O–H groups in total. The molecule has 1 amide bonds. The minimum Gasteiger partial charge on any atom is -0.497 e. The number of amides is 1. The van der Waals surface area contributed by atoms with E-state index >= 15 is 0 Å². The van der Waals surface area contributed by atoms with E-state index in [0.717, 1.165) is 30.4 Å². The molecule has 0 unspecified atom stereocenters. The van der Waals surface area contributed by atoms with Crippen molar-refractivity contribution in [3.63, 3.8) is 0 Å². The Morgan fingerprint density at radius 2 is 1.78 bits per heavy atom. The molecule has 0 atom stereocenters. The third-order valence-electron chi connectivity index (χ3n) is 4.02. The van der Waals surface area contributed by atoms with Crippen LogP contribution in [0.4, 0.5) is 5.82 Å². The van der Waals surface area contributed by atoms with Crippen LogP contribution in [0.1, 0.15) is 16.1 Å². The zero-order valence-electron chi connectivity index (χ0n) is 13.4. The molecule has 0 radical (unpaired) electrons. The molecule has 0 aliphatic carbocycles. The topological polar surface area (TPSA) is 58.6 Å². The number of hydrogen-bond donors (Lipinski definition) is 0. The van der Waals surface area contributed by atoms with Gasteiger partial charge in [0.15, 0.2) is 0 Å². The van der Waals surface area contributed by atoms with Crippen LogP contribution in [0.3, 0.4) is 0 Å². The number of aromatic nitrogens is 2. The van der Waals surface area contributed by atoms with Crippen molar-refractivity contribution in [1.29, 1.82) is 0 Å². The highest BCUT2D eigenvalue weighted by Gasteiger charge is 2.22. The molecule has 0 bridgehead atoms. The van der Waals surface area contributed by atoms with E-state index in [2.05, 4.69) is 14.9 Å². The normalized spacial score (nSPS) is 14.7. The van der Waals surface area contributed by atoms with Crippen molar-refractivity contribution in [1.82, 2.24) is 14.9 Å². The number of carbonyl (C=O) groups excluding carboxylic acids is 1. The van der Waals surface area contributed by atoms with Crippen LogP contribution in [0.25, 0.3) is 0 Å². The lowest BCUT2D eigenvalue weighted by molar-refractivity contribution is 0.0746. The second kappa shape index (κ2) is 6.64. The summed E-state index contributed by atoms with van der Waals surface area (Å²) in [5.74, 6) is 1.74. The average Bonchev–Trinajstić information content (AvgIpc) is 2.61. The molecule has 6 heteroatoms. The summed E-state index contributed by atoms with van der Waals surface area (Å²) in [4.78, 5) is 25.0. The van der Waals surface area contributed by atoms with Gasteiger partial charge in [-0.05, 0) is 31.2 Å². The van der Waals surface area contributed by atoms with Crippen LogP contribution >= 0.6 is 0 Å².